The lowest BCUT2D eigenvalue weighted by Crippen LogP contribution is -2.41. The lowest BCUT2D eigenvalue weighted by Gasteiger charge is -2.26. The van der Waals surface area contributed by atoms with Crippen molar-refractivity contribution in [1.82, 2.24) is 9.88 Å². The molecule has 1 amide bonds. The first-order chi connectivity index (χ1) is 12.9. The van der Waals surface area contributed by atoms with E-state index in [9.17, 15) is 13.2 Å². The summed E-state index contributed by atoms with van der Waals surface area (Å²) in [5, 5.41) is 3.32. The number of anilines is 1. The van der Waals surface area contributed by atoms with Crippen LogP contribution in [0.25, 0.3) is 0 Å². The Labute approximate surface area is 160 Å². The number of nitrogens with zero attached hydrogens (tertiary/aromatic N) is 2. The maximum absolute atomic E-state index is 12.8. The number of aromatic nitrogens is 1. The summed E-state index contributed by atoms with van der Waals surface area (Å²) < 4.78 is 23.5. The zero-order valence-electron chi connectivity index (χ0n) is 15.6. The topological polar surface area (TPSA) is 79.4 Å². The highest BCUT2D eigenvalue weighted by Gasteiger charge is 2.34. The Morgan fingerprint density at radius 1 is 1.26 bits per heavy atom. The van der Waals surface area contributed by atoms with Crippen molar-refractivity contribution in [3.63, 3.8) is 0 Å². The molecule has 27 heavy (non-hydrogen) atoms. The first-order valence-electron chi connectivity index (χ1n) is 9.18. The molecule has 0 saturated carbocycles. The predicted octanol–water partition coefficient (Wildman–Crippen LogP) is 2.90. The van der Waals surface area contributed by atoms with E-state index < -0.39 is 9.84 Å². The van der Waals surface area contributed by atoms with Crippen LogP contribution in [0.4, 0.5) is 5.82 Å². The van der Waals surface area contributed by atoms with Crippen LogP contribution in [0.1, 0.15) is 42.2 Å². The fraction of sp³-hybridized carbons (Fsp3) is 0.400. The van der Waals surface area contributed by atoms with Crippen LogP contribution in [0.15, 0.2) is 48.7 Å². The van der Waals surface area contributed by atoms with E-state index in [2.05, 4.69) is 17.2 Å². The van der Waals surface area contributed by atoms with E-state index in [1.54, 1.807) is 23.2 Å². The average molecular weight is 388 g/mol. The Hall–Kier alpha value is -2.41. The van der Waals surface area contributed by atoms with E-state index in [1.807, 2.05) is 37.3 Å². The minimum Gasteiger partial charge on any atom is -0.364 e. The van der Waals surface area contributed by atoms with Gasteiger partial charge in [0.2, 0.25) is 0 Å². The molecule has 2 unspecified atom stereocenters. The van der Waals surface area contributed by atoms with E-state index in [0.29, 0.717) is 24.3 Å². The molecular formula is C20H25N3O3S. The molecule has 1 saturated heterocycles. The van der Waals surface area contributed by atoms with Crippen molar-refractivity contribution < 1.29 is 13.2 Å². The molecule has 0 aliphatic carbocycles. The molecule has 2 aromatic rings. The fourth-order valence-electron chi connectivity index (χ4n) is 3.41. The number of hydrogen-bond donors (Lipinski definition) is 1. The molecule has 2 atom stereocenters. The van der Waals surface area contributed by atoms with Crippen LogP contribution in [0.3, 0.4) is 0 Å². The summed E-state index contributed by atoms with van der Waals surface area (Å²) in [6.45, 7) is 4.40. The van der Waals surface area contributed by atoms with Gasteiger partial charge in [-0.1, -0.05) is 30.3 Å². The van der Waals surface area contributed by atoms with Crippen LogP contribution in [0.5, 0.6) is 0 Å². The molecule has 1 aliphatic rings. The van der Waals surface area contributed by atoms with Crippen LogP contribution in [-0.4, -0.2) is 48.3 Å². The molecule has 1 N–H and O–H groups in total. The number of nitrogens with one attached hydrogen (secondary N) is 1. The Balaban J connectivity index is 1.68. The summed E-state index contributed by atoms with van der Waals surface area (Å²) in [6.07, 6.45) is 2.05. The monoisotopic (exact) mass is 387 g/mol. The van der Waals surface area contributed by atoms with Gasteiger partial charge in [0.1, 0.15) is 5.82 Å². The number of hydrogen-bond acceptors (Lipinski definition) is 5. The number of carbonyl (C=O) groups is 1. The predicted molar refractivity (Wildman–Crippen MR) is 106 cm³/mol. The molecule has 0 spiro atoms. The molecular weight excluding hydrogens is 362 g/mol. The van der Waals surface area contributed by atoms with E-state index in [0.717, 1.165) is 5.56 Å². The third kappa shape index (κ3) is 4.66. The number of rotatable bonds is 6. The van der Waals surface area contributed by atoms with E-state index in [4.69, 9.17) is 0 Å². The van der Waals surface area contributed by atoms with Crippen molar-refractivity contribution in [2.45, 2.75) is 32.4 Å². The summed E-state index contributed by atoms with van der Waals surface area (Å²) in [7, 11) is -3.03. The summed E-state index contributed by atoms with van der Waals surface area (Å²) in [5.74, 6) is 0.720. The Morgan fingerprint density at radius 2 is 2.00 bits per heavy atom. The van der Waals surface area contributed by atoms with Gasteiger partial charge in [0.15, 0.2) is 9.84 Å². The van der Waals surface area contributed by atoms with Crippen LogP contribution in [-0.2, 0) is 9.84 Å². The summed E-state index contributed by atoms with van der Waals surface area (Å²) in [6, 6.07) is 13.4. The van der Waals surface area contributed by atoms with Gasteiger partial charge in [-0.3, -0.25) is 4.79 Å². The highest BCUT2D eigenvalue weighted by molar-refractivity contribution is 7.91. The van der Waals surface area contributed by atoms with Gasteiger partial charge >= 0.3 is 0 Å². The smallest absolute Gasteiger partial charge is 0.255 e. The zero-order chi connectivity index (χ0) is 19.4. The first kappa shape index (κ1) is 19.4. The van der Waals surface area contributed by atoms with Gasteiger partial charge in [-0.25, -0.2) is 13.4 Å². The summed E-state index contributed by atoms with van der Waals surface area (Å²) in [5.41, 5.74) is 1.62. The average Bonchev–Trinajstić information content (AvgIpc) is 3.03. The number of pyridine rings is 1. The van der Waals surface area contributed by atoms with E-state index in [-0.39, 0.29) is 29.5 Å². The van der Waals surface area contributed by atoms with Gasteiger partial charge in [-0.15, -0.1) is 0 Å². The maximum atomic E-state index is 12.8. The third-order valence-corrected chi connectivity index (χ3v) is 6.68. The highest BCUT2D eigenvalue weighted by Crippen LogP contribution is 2.21. The second-order valence-electron chi connectivity index (χ2n) is 6.86. The Bertz CT molecular complexity index is 882. The van der Waals surface area contributed by atoms with Crippen molar-refractivity contribution in [2.24, 2.45) is 0 Å². The fourth-order valence-corrected chi connectivity index (χ4v) is 5.14. The third-order valence-electron chi connectivity index (χ3n) is 4.93. The largest absolute Gasteiger partial charge is 0.364 e. The molecule has 0 bridgehead atoms. The maximum Gasteiger partial charge on any atom is 0.255 e. The molecule has 2 heterocycles. The summed E-state index contributed by atoms with van der Waals surface area (Å²) >= 11 is 0. The molecule has 1 aromatic carbocycles. The van der Waals surface area contributed by atoms with E-state index in [1.165, 1.54) is 0 Å². The van der Waals surface area contributed by atoms with E-state index >= 15 is 0 Å². The second kappa shape index (κ2) is 8.08. The van der Waals surface area contributed by atoms with Crippen LogP contribution >= 0.6 is 0 Å². The quantitative estimate of drug-likeness (QED) is 0.824. The minimum absolute atomic E-state index is 0.0498. The van der Waals surface area contributed by atoms with Crippen LogP contribution in [0, 0.1) is 0 Å². The lowest BCUT2D eigenvalue weighted by atomic mass is 10.1. The molecule has 144 valence electrons. The van der Waals surface area contributed by atoms with Crippen molar-refractivity contribution in [3.8, 4) is 0 Å². The van der Waals surface area contributed by atoms with Gasteiger partial charge < -0.3 is 10.2 Å². The molecule has 6 nitrogen and oxygen atoms in total. The Kier molecular flexibility index (Phi) is 5.79. The number of benzene rings is 1. The van der Waals surface area contributed by atoms with Gasteiger partial charge in [-0.05, 0) is 38.0 Å². The summed E-state index contributed by atoms with van der Waals surface area (Å²) in [4.78, 5) is 18.8. The standard InChI is InChI=1S/C20H25N3O3S/c1-3-23(18-11-12-27(25,26)14-18)20(24)17-9-10-19(21-13-17)22-15(2)16-7-5-4-6-8-16/h4-10,13,15,18H,3,11-12,14H2,1-2H3,(H,21,22). The van der Waals surface area contributed by atoms with Gasteiger partial charge in [0, 0.05) is 24.8 Å². The Morgan fingerprint density at radius 3 is 2.56 bits per heavy atom. The molecule has 1 fully saturated rings. The molecule has 3 rings (SSSR count). The van der Waals surface area contributed by atoms with Crippen molar-refractivity contribution >= 4 is 21.6 Å². The minimum atomic E-state index is -3.03. The number of sulfone groups is 1. The van der Waals surface area contributed by atoms with Crippen molar-refractivity contribution in [2.75, 3.05) is 23.4 Å². The molecule has 0 radical (unpaired) electrons. The second-order valence-corrected chi connectivity index (χ2v) is 9.09. The highest BCUT2D eigenvalue weighted by atomic mass is 32.2. The first-order valence-corrected chi connectivity index (χ1v) is 11.0. The lowest BCUT2D eigenvalue weighted by molar-refractivity contribution is 0.0708. The van der Waals surface area contributed by atoms with Gasteiger partial charge in [0.25, 0.3) is 5.91 Å². The van der Waals surface area contributed by atoms with Gasteiger partial charge in [0.05, 0.1) is 17.1 Å². The van der Waals surface area contributed by atoms with Gasteiger partial charge in [-0.2, -0.15) is 0 Å². The number of amides is 1. The van der Waals surface area contributed by atoms with Crippen LogP contribution in [0.2, 0.25) is 0 Å². The van der Waals surface area contributed by atoms with Crippen molar-refractivity contribution in [3.05, 3.63) is 59.8 Å². The van der Waals surface area contributed by atoms with Crippen molar-refractivity contribution in [1.29, 1.82) is 0 Å². The van der Waals surface area contributed by atoms with Crippen LogP contribution < -0.4 is 5.32 Å². The number of carbonyl (C=O) groups excluding carboxylic acids is 1. The molecule has 7 heteroatoms. The normalized spacial score (nSPS) is 19.4. The SMILES string of the molecule is CCN(C(=O)c1ccc(NC(C)c2ccccc2)nc1)C1CCS(=O)(=O)C1. The molecule has 1 aromatic heterocycles. The zero-order valence-corrected chi connectivity index (χ0v) is 16.4. The molecule has 1 aliphatic heterocycles.